The van der Waals surface area contributed by atoms with E-state index in [9.17, 15) is 5.11 Å². The van der Waals surface area contributed by atoms with Gasteiger partial charge in [0.1, 0.15) is 11.8 Å². The van der Waals surface area contributed by atoms with Gasteiger partial charge in [0.05, 0.1) is 19.3 Å². The first-order chi connectivity index (χ1) is 10.1. The molecule has 21 heavy (non-hydrogen) atoms. The fourth-order valence-electron chi connectivity index (χ4n) is 2.34. The van der Waals surface area contributed by atoms with E-state index in [0.717, 1.165) is 13.1 Å². The van der Waals surface area contributed by atoms with Crippen LogP contribution >= 0.6 is 0 Å². The Morgan fingerprint density at radius 1 is 1.48 bits per heavy atom. The molecule has 0 amide bonds. The van der Waals surface area contributed by atoms with Gasteiger partial charge in [-0.2, -0.15) is 5.26 Å². The molecule has 1 aromatic rings. The normalized spacial score (nSPS) is 24.3. The number of nitrogens with zero attached hydrogens (tertiary/aromatic N) is 2. The van der Waals surface area contributed by atoms with Gasteiger partial charge in [0.25, 0.3) is 0 Å². The predicted molar refractivity (Wildman–Crippen MR) is 78.8 cm³/mol. The fraction of sp³-hybridized carbons (Fsp3) is 0.562. The fourth-order valence-corrected chi connectivity index (χ4v) is 2.34. The molecule has 5 heteroatoms. The third-order valence-corrected chi connectivity index (χ3v) is 3.64. The first kappa shape index (κ1) is 15.8. The molecule has 5 nitrogen and oxygen atoms in total. The summed E-state index contributed by atoms with van der Waals surface area (Å²) < 4.78 is 11.0. The zero-order valence-corrected chi connectivity index (χ0v) is 12.5. The Labute approximate surface area is 125 Å². The van der Waals surface area contributed by atoms with E-state index in [1.807, 2.05) is 30.3 Å². The zero-order chi connectivity index (χ0) is 15.2. The maximum Gasteiger partial charge on any atom is 0.181 e. The van der Waals surface area contributed by atoms with E-state index >= 15 is 0 Å². The average molecular weight is 290 g/mol. The van der Waals surface area contributed by atoms with Crippen LogP contribution in [0, 0.1) is 11.3 Å². The van der Waals surface area contributed by atoms with Gasteiger partial charge in [-0.3, -0.25) is 4.90 Å². The molecule has 0 aliphatic carbocycles. The number of ether oxygens (including phenoxy) is 2. The second-order valence-corrected chi connectivity index (χ2v) is 5.45. The van der Waals surface area contributed by atoms with Crippen LogP contribution in [0.25, 0.3) is 0 Å². The molecule has 3 unspecified atom stereocenters. The molecule has 1 aromatic carbocycles. The number of morpholine rings is 1. The number of aliphatic hydroxyl groups is 1. The van der Waals surface area contributed by atoms with Gasteiger partial charge in [-0.25, -0.2) is 0 Å². The molecule has 0 aromatic heterocycles. The van der Waals surface area contributed by atoms with Gasteiger partial charge in [0, 0.05) is 19.1 Å². The number of hydrogen-bond acceptors (Lipinski definition) is 5. The number of rotatable bonds is 5. The standard InChI is InChI=1S/C16H22N2O3/c1-12-11-20-16(10-19)9-18(12)8-14-3-5-15(6-4-14)21-13(2)7-17/h3-6,12-13,16,19H,8-11H2,1-2H3. The van der Waals surface area contributed by atoms with Crippen molar-refractivity contribution in [1.29, 1.82) is 5.26 Å². The van der Waals surface area contributed by atoms with Crippen LogP contribution in [0.2, 0.25) is 0 Å². The van der Waals surface area contributed by atoms with E-state index in [4.69, 9.17) is 14.7 Å². The third-order valence-electron chi connectivity index (χ3n) is 3.64. The van der Waals surface area contributed by atoms with Crippen molar-refractivity contribution in [3.8, 4) is 11.8 Å². The molecule has 114 valence electrons. The van der Waals surface area contributed by atoms with Gasteiger partial charge in [0.15, 0.2) is 6.10 Å². The molecule has 1 aliphatic rings. The predicted octanol–water partition coefficient (Wildman–Crippen LogP) is 1.56. The van der Waals surface area contributed by atoms with E-state index in [0.29, 0.717) is 18.4 Å². The molecule has 3 atom stereocenters. The molecule has 1 aliphatic heterocycles. The van der Waals surface area contributed by atoms with Crippen LogP contribution in [0.4, 0.5) is 0 Å². The summed E-state index contributed by atoms with van der Waals surface area (Å²) in [6.45, 7) is 6.10. The van der Waals surface area contributed by atoms with E-state index in [-0.39, 0.29) is 12.7 Å². The quantitative estimate of drug-likeness (QED) is 0.891. The lowest BCUT2D eigenvalue weighted by atomic mass is 10.1. The van der Waals surface area contributed by atoms with Crippen molar-refractivity contribution < 1.29 is 14.6 Å². The number of benzene rings is 1. The Kier molecular flexibility index (Phi) is 5.57. The zero-order valence-electron chi connectivity index (χ0n) is 12.5. The highest BCUT2D eigenvalue weighted by Gasteiger charge is 2.25. The van der Waals surface area contributed by atoms with Crippen LogP contribution in [-0.4, -0.2) is 48.0 Å². The van der Waals surface area contributed by atoms with Crippen LogP contribution in [0.3, 0.4) is 0 Å². The maximum atomic E-state index is 9.21. The summed E-state index contributed by atoms with van der Waals surface area (Å²) in [5.74, 6) is 0.705. The smallest absolute Gasteiger partial charge is 0.181 e. The molecule has 0 spiro atoms. The Morgan fingerprint density at radius 3 is 2.81 bits per heavy atom. The van der Waals surface area contributed by atoms with Crippen LogP contribution in [0.5, 0.6) is 5.75 Å². The van der Waals surface area contributed by atoms with Crippen molar-refractivity contribution >= 4 is 0 Å². The molecule has 1 heterocycles. The molecule has 1 N–H and O–H groups in total. The lowest BCUT2D eigenvalue weighted by Gasteiger charge is -2.37. The minimum absolute atomic E-state index is 0.0576. The third kappa shape index (κ3) is 4.43. The van der Waals surface area contributed by atoms with Gasteiger partial charge in [0.2, 0.25) is 0 Å². The molecule has 0 bridgehead atoms. The molecular weight excluding hydrogens is 268 g/mol. The van der Waals surface area contributed by atoms with Gasteiger partial charge >= 0.3 is 0 Å². The summed E-state index contributed by atoms with van der Waals surface area (Å²) in [6, 6.07) is 10.2. The first-order valence-electron chi connectivity index (χ1n) is 7.24. The second kappa shape index (κ2) is 7.41. The summed E-state index contributed by atoms with van der Waals surface area (Å²) >= 11 is 0. The minimum Gasteiger partial charge on any atom is -0.476 e. The van der Waals surface area contributed by atoms with Crippen molar-refractivity contribution in [3.05, 3.63) is 29.8 Å². The van der Waals surface area contributed by atoms with Gasteiger partial charge in [-0.05, 0) is 31.5 Å². The first-order valence-corrected chi connectivity index (χ1v) is 7.24. The highest BCUT2D eigenvalue weighted by molar-refractivity contribution is 5.27. The maximum absolute atomic E-state index is 9.21. The van der Waals surface area contributed by atoms with Crippen LogP contribution in [0.15, 0.2) is 24.3 Å². The van der Waals surface area contributed by atoms with Gasteiger partial charge in [-0.1, -0.05) is 12.1 Å². The monoisotopic (exact) mass is 290 g/mol. The van der Waals surface area contributed by atoms with E-state index < -0.39 is 6.10 Å². The van der Waals surface area contributed by atoms with Gasteiger partial charge in [-0.15, -0.1) is 0 Å². The molecular formula is C16H22N2O3. The summed E-state index contributed by atoms with van der Waals surface area (Å²) in [5, 5.41) is 17.9. The number of nitriles is 1. The summed E-state index contributed by atoms with van der Waals surface area (Å²) in [7, 11) is 0. The lowest BCUT2D eigenvalue weighted by molar-refractivity contribution is -0.0805. The van der Waals surface area contributed by atoms with Crippen molar-refractivity contribution in [2.45, 2.75) is 38.6 Å². The summed E-state index contributed by atoms with van der Waals surface area (Å²) in [5.41, 5.74) is 1.18. The SMILES string of the molecule is CC(C#N)Oc1ccc(CN2CC(CO)OCC2C)cc1. The topological polar surface area (TPSA) is 65.7 Å². The minimum atomic E-state index is -0.444. The largest absolute Gasteiger partial charge is 0.476 e. The molecule has 2 rings (SSSR count). The van der Waals surface area contributed by atoms with Crippen molar-refractivity contribution in [3.63, 3.8) is 0 Å². The lowest BCUT2D eigenvalue weighted by Crippen LogP contribution is -2.48. The number of hydrogen-bond donors (Lipinski definition) is 1. The summed E-state index contributed by atoms with van der Waals surface area (Å²) in [6.07, 6.45) is -0.541. The molecule has 1 saturated heterocycles. The second-order valence-electron chi connectivity index (χ2n) is 5.45. The average Bonchev–Trinajstić information content (AvgIpc) is 2.51. The molecule has 1 fully saturated rings. The Bertz CT molecular complexity index is 483. The highest BCUT2D eigenvalue weighted by atomic mass is 16.5. The molecule has 0 saturated carbocycles. The van der Waals surface area contributed by atoms with E-state index in [1.165, 1.54) is 5.56 Å². The Balaban J connectivity index is 1.94. The number of aliphatic hydroxyl groups excluding tert-OH is 1. The Hall–Kier alpha value is -1.61. The van der Waals surface area contributed by atoms with Gasteiger partial charge < -0.3 is 14.6 Å². The van der Waals surface area contributed by atoms with Crippen molar-refractivity contribution in [2.75, 3.05) is 19.8 Å². The van der Waals surface area contributed by atoms with Crippen molar-refractivity contribution in [2.24, 2.45) is 0 Å². The van der Waals surface area contributed by atoms with Crippen LogP contribution in [-0.2, 0) is 11.3 Å². The summed E-state index contributed by atoms with van der Waals surface area (Å²) in [4.78, 5) is 2.30. The van der Waals surface area contributed by atoms with Crippen molar-refractivity contribution in [1.82, 2.24) is 4.90 Å². The Morgan fingerprint density at radius 2 is 2.19 bits per heavy atom. The van der Waals surface area contributed by atoms with Crippen LogP contribution in [0.1, 0.15) is 19.4 Å². The van der Waals surface area contributed by atoms with E-state index in [2.05, 4.69) is 11.8 Å². The van der Waals surface area contributed by atoms with Crippen LogP contribution < -0.4 is 4.74 Å². The van der Waals surface area contributed by atoms with E-state index in [1.54, 1.807) is 6.92 Å². The molecule has 0 radical (unpaired) electrons. The highest BCUT2D eigenvalue weighted by Crippen LogP contribution is 2.18.